The third-order valence-electron chi connectivity index (χ3n) is 5.56. The van der Waals surface area contributed by atoms with Gasteiger partial charge in [0.15, 0.2) is 0 Å². The number of ether oxygens (including phenoxy) is 1. The van der Waals surface area contributed by atoms with Crippen LogP contribution in [-0.2, 0) is 11.3 Å². The zero-order valence-electron chi connectivity index (χ0n) is 16.1. The van der Waals surface area contributed by atoms with Crippen LogP contribution < -0.4 is 9.80 Å². The first-order valence-electron chi connectivity index (χ1n) is 9.94. The third kappa shape index (κ3) is 4.57. The molecule has 2 aliphatic heterocycles. The van der Waals surface area contributed by atoms with E-state index in [1.54, 1.807) is 0 Å². The molecule has 0 saturated carbocycles. The molecule has 2 aromatic rings. The molecule has 0 aliphatic carbocycles. The predicted molar refractivity (Wildman–Crippen MR) is 108 cm³/mol. The molecule has 2 fully saturated rings. The highest BCUT2D eigenvalue weighted by atomic mass is 16.5. The van der Waals surface area contributed by atoms with Crippen molar-refractivity contribution in [2.24, 2.45) is 0 Å². The van der Waals surface area contributed by atoms with Crippen LogP contribution in [0.4, 0.5) is 11.8 Å². The summed E-state index contributed by atoms with van der Waals surface area (Å²) in [5.74, 6) is 1.83. The fourth-order valence-electron chi connectivity index (χ4n) is 3.97. The second-order valence-electron chi connectivity index (χ2n) is 7.44. The van der Waals surface area contributed by atoms with Crippen LogP contribution in [-0.4, -0.2) is 67.4 Å². The predicted octanol–water partition coefficient (Wildman–Crippen LogP) is 2.41. The van der Waals surface area contributed by atoms with Crippen molar-refractivity contribution in [1.29, 1.82) is 0 Å². The Hall–Kier alpha value is -2.18. The minimum absolute atomic E-state index is 0.481. The number of nitrogens with zero attached hydrogens (tertiary/aromatic N) is 5. The number of likely N-dealkylation sites (N-methyl/N-ethyl adjacent to an activating group) is 1. The van der Waals surface area contributed by atoms with Crippen molar-refractivity contribution < 1.29 is 4.74 Å². The van der Waals surface area contributed by atoms with E-state index in [4.69, 9.17) is 9.72 Å². The van der Waals surface area contributed by atoms with Gasteiger partial charge in [0, 0.05) is 45.5 Å². The van der Waals surface area contributed by atoms with Crippen LogP contribution in [0.25, 0.3) is 0 Å². The van der Waals surface area contributed by atoms with Crippen LogP contribution in [0.2, 0.25) is 0 Å². The first kappa shape index (κ1) is 18.2. The lowest BCUT2D eigenvalue weighted by Crippen LogP contribution is -2.46. The van der Waals surface area contributed by atoms with Gasteiger partial charge >= 0.3 is 0 Å². The van der Waals surface area contributed by atoms with Gasteiger partial charge in [-0.25, -0.2) is 4.98 Å². The number of likely N-dealkylation sites (tertiary alicyclic amines) is 1. The molecule has 1 aromatic heterocycles. The number of morpholine rings is 1. The van der Waals surface area contributed by atoms with Gasteiger partial charge in [0.2, 0.25) is 5.95 Å². The SMILES string of the molecule is CN(c1ccnc(N2CCOCC2)n1)C1CCCN(Cc2ccccc2)C1. The smallest absolute Gasteiger partial charge is 0.227 e. The molecule has 1 aromatic carbocycles. The van der Waals surface area contributed by atoms with Crippen molar-refractivity contribution in [2.45, 2.75) is 25.4 Å². The Labute approximate surface area is 161 Å². The number of rotatable bonds is 5. The van der Waals surface area contributed by atoms with E-state index in [0.717, 1.165) is 51.2 Å². The molecule has 27 heavy (non-hydrogen) atoms. The number of hydrogen-bond acceptors (Lipinski definition) is 6. The van der Waals surface area contributed by atoms with Gasteiger partial charge in [-0.15, -0.1) is 0 Å². The monoisotopic (exact) mass is 367 g/mol. The molecule has 2 saturated heterocycles. The summed E-state index contributed by atoms with van der Waals surface area (Å²) in [5, 5.41) is 0. The summed E-state index contributed by atoms with van der Waals surface area (Å²) in [6.45, 7) is 6.49. The minimum atomic E-state index is 0.481. The minimum Gasteiger partial charge on any atom is -0.378 e. The van der Waals surface area contributed by atoms with Gasteiger partial charge in [-0.1, -0.05) is 30.3 Å². The maximum atomic E-state index is 5.44. The van der Waals surface area contributed by atoms with Crippen LogP contribution in [0, 0.1) is 0 Å². The zero-order valence-corrected chi connectivity index (χ0v) is 16.1. The maximum Gasteiger partial charge on any atom is 0.227 e. The Morgan fingerprint density at radius 2 is 1.93 bits per heavy atom. The van der Waals surface area contributed by atoms with Gasteiger partial charge in [0.25, 0.3) is 0 Å². The number of piperidine rings is 1. The fraction of sp³-hybridized carbons (Fsp3) is 0.524. The molecule has 3 heterocycles. The van der Waals surface area contributed by atoms with Crippen LogP contribution in [0.15, 0.2) is 42.6 Å². The molecular formula is C21H29N5O. The first-order valence-corrected chi connectivity index (χ1v) is 9.94. The molecule has 2 aliphatic rings. The summed E-state index contributed by atoms with van der Waals surface area (Å²) in [6, 6.07) is 13.3. The molecule has 0 radical (unpaired) electrons. The van der Waals surface area contributed by atoms with Crippen molar-refractivity contribution in [3.63, 3.8) is 0 Å². The average molecular weight is 367 g/mol. The molecule has 1 unspecified atom stereocenters. The van der Waals surface area contributed by atoms with Crippen molar-refractivity contribution >= 4 is 11.8 Å². The molecule has 4 rings (SSSR count). The van der Waals surface area contributed by atoms with Gasteiger partial charge in [0.05, 0.1) is 13.2 Å². The van der Waals surface area contributed by atoms with E-state index >= 15 is 0 Å². The maximum absolute atomic E-state index is 5.44. The number of benzene rings is 1. The lowest BCUT2D eigenvalue weighted by Gasteiger charge is -2.38. The van der Waals surface area contributed by atoms with Crippen molar-refractivity contribution in [3.8, 4) is 0 Å². The zero-order chi connectivity index (χ0) is 18.5. The van der Waals surface area contributed by atoms with E-state index in [1.165, 1.54) is 24.9 Å². The lowest BCUT2D eigenvalue weighted by molar-refractivity contribution is 0.122. The van der Waals surface area contributed by atoms with Crippen molar-refractivity contribution in [2.75, 3.05) is 56.2 Å². The number of hydrogen-bond donors (Lipinski definition) is 0. The lowest BCUT2D eigenvalue weighted by atomic mass is 10.0. The van der Waals surface area contributed by atoms with Gasteiger partial charge in [0.1, 0.15) is 5.82 Å². The van der Waals surface area contributed by atoms with Crippen LogP contribution in [0.3, 0.4) is 0 Å². The number of aromatic nitrogens is 2. The molecule has 0 bridgehead atoms. The Kier molecular flexibility index (Phi) is 5.84. The summed E-state index contributed by atoms with van der Waals surface area (Å²) in [6.07, 6.45) is 4.32. The Morgan fingerprint density at radius 1 is 1.11 bits per heavy atom. The van der Waals surface area contributed by atoms with Crippen LogP contribution in [0.5, 0.6) is 0 Å². The highest BCUT2D eigenvalue weighted by molar-refractivity contribution is 5.44. The van der Waals surface area contributed by atoms with Crippen LogP contribution >= 0.6 is 0 Å². The molecule has 1 atom stereocenters. The van der Waals surface area contributed by atoms with Crippen molar-refractivity contribution in [1.82, 2.24) is 14.9 Å². The Morgan fingerprint density at radius 3 is 2.74 bits per heavy atom. The quantitative estimate of drug-likeness (QED) is 0.809. The summed E-state index contributed by atoms with van der Waals surface area (Å²) >= 11 is 0. The normalized spacial score (nSPS) is 21.2. The largest absolute Gasteiger partial charge is 0.378 e. The van der Waals surface area contributed by atoms with E-state index in [1.807, 2.05) is 12.3 Å². The van der Waals surface area contributed by atoms with Crippen LogP contribution in [0.1, 0.15) is 18.4 Å². The van der Waals surface area contributed by atoms with Gasteiger partial charge in [-0.3, -0.25) is 4.90 Å². The van der Waals surface area contributed by atoms with Gasteiger partial charge < -0.3 is 14.5 Å². The van der Waals surface area contributed by atoms with E-state index in [9.17, 15) is 0 Å². The summed E-state index contributed by atoms with van der Waals surface area (Å²) < 4.78 is 5.44. The topological polar surface area (TPSA) is 44.7 Å². The number of anilines is 2. The molecule has 0 N–H and O–H groups in total. The van der Waals surface area contributed by atoms with E-state index in [-0.39, 0.29) is 0 Å². The van der Waals surface area contributed by atoms with Gasteiger partial charge in [-0.2, -0.15) is 4.98 Å². The molecule has 0 amide bonds. The molecular weight excluding hydrogens is 338 g/mol. The third-order valence-corrected chi connectivity index (χ3v) is 5.56. The Balaban J connectivity index is 1.41. The van der Waals surface area contributed by atoms with E-state index < -0.39 is 0 Å². The van der Waals surface area contributed by atoms with Gasteiger partial charge in [-0.05, 0) is 31.0 Å². The van der Waals surface area contributed by atoms with Crippen molar-refractivity contribution in [3.05, 3.63) is 48.2 Å². The highest BCUT2D eigenvalue weighted by Crippen LogP contribution is 2.22. The average Bonchev–Trinajstić information content (AvgIpc) is 2.75. The Bertz CT molecular complexity index is 720. The second-order valence-corrected chi connectivity index (χ2v) is 7.44. The standard InChI is InChI=1S/C21H29N5O/c1-24(20-9-10-22-21(23-20)26-12-14-27-15-13-26)19-8-5-11-25(17-19)16-18-6-3-2-4-7-18/h2-4,6-7,9-10,19H,5,8,11-17H2,1H3. The van der Waals surface area contributed by atoms with E-state index in [0.29, 0.717) is 6.04 Å². The second kappa shape index (κ2) is 8.67. The fourth-order valence-corrected chi connectivity index (χ4v) is 3.97. The molecule has 144 valence electrons. The highest BCUT2D eigenvalue weighted by Gasteiger charge is 2.25. The molecule has 6 nitrogen and oxygen atoms in total. The molecule has 6 heteroatoms. The summed E-state index contributed by atoms with van der Waals surface area (Å²) in [4.78, 5) is 16.4. The first-order chi connectivity index (χ1) is 13.3. The van der Waals surface area contributed by atoms with E-state index in [2.05, 4.69) is 57.1 Å². The summed E-state index contributed by atoms with van der Waals surface area (Å²) in [5.41, 5.74) is 1.39. The summed E-state index contributed by atoms with van der Waals surface area (Å²) in [7, 11) is 2.17. The molecule has 0 spiro atoms.